The predicted octanol–water partition coefficient (Wildman–Crippen LogP) is -3.06. The monoisotopic (exact) mass is 296 g/mol. The molecule has 0 rings (SSSR count). The summed E-state index contributed by atoms with van der Waals surface area (Å²) in [7, 11) is 0. The molecule has 8 heteroatoms. The van der Waals surface area contributed by atoms with Crippen LogP contribution in [0.1, 0.15) is 0 Å². The van der Waals surface area contributed by atoms with Crippen molar-refractivity contribution >= 4 is 5.97 Å². The van der Waals surface area contributed by atoms with Gasteiger partial charge in [-0.15, -0.1) is 0 Å². The van der Waals surface area contributed by atoms with Crippen LogP contribution in [0.3, 0.4) is 0 Å². The van der Waals surface area contributed by atoms with Gasteiger partial charge in [0.05, 0.1) is 0 Å². The molecule has 0 radical (unpaired) electrons. The van der Waals surface area contributed by atoms with Crippen molar-refractivity contribution in [1.29, 1.82) is 0 Å². The Morgan fingerprint density at radius 2 is 1.36 bits per heavy atom. The quantitative estimate of drug-likeness (QED) is 0.482. The van der Waals surface area contributed by atoms with Gasteiger partial charge in [0.25, 0.3) is 0 Å². The van der Waals surface area contributed by atoms with Crippen LogP contribution in [0.15, 0.2) is 0 Å². The topological polar surface area (TPSA) is 40.1 Å². The molecular formula is C3CsF5O2. The van der Waals surface area contributed by atoms with Gasteiger partial charge in [-0.1, -0.05) is 0 Å². The van der Waals surface area contributed by atoms with Crippen molar-refractivity contribution < 1.29 is 101 Å². The first kappa shape index (κ1) is 14.7. The molecule has 0 saturated carbocycles. The largest absolute Gasteiger partial charge is 1.00 e. The van der Waals surface area contributed by atoms with Crippen molar-refractivity contribution in [3.8, 4) is 0 Å². The van der Waals surface area contributed by atoms with Gasteiger partial charge in [0.15, 0.2) is 0 Å². The summed E-state index contributed by atoms with van der Waals surface area (Å²) in [5.74, 6) is -9.20. The average Bonchev–Trinajstić information content (AvgIpc) is 1.62. The number of alkyl halides is 5. The first-order valence-corrected chi connectivity index (χ1v) is 1.85. The minimum absolute atomic E-state index is 0. The molecule has 0 unspecified atom stereocenters. The minimum Gasteiger partial charge on any atom is -0.544 e. The molecule has 0 aromatic rings. The maximum atomic E-state index is 11.3. The summed E-state index contributed by atoms with van der Waals surface area (Å²) in [5, 5.41) is 9.09. The van der Waals surface area contributed by atoms with Crippen molar-refractivity contribution in [2.75, 3.05) is 0 Å². The van der Waals surface area contributed by atoms with Crippen molar-refractivity contribution in [1.82, 2.24) is 0 Å². The van der Waals surface area contributed by atoms with Gasteiger partial charge < -0.3 is 9.90 Å². The molecule has 0 bridgehead atoms. The molecule has 0 aliphatic rings. The Balaban J connectivity index is 0. The molecule has 60 valence electrons. The van der Waals surface area contributed by atoms with E-state index in [1.54, 1.807) is 0 Å². The van der Waals surface area contributed by atoms with Crippen molar-refractivity contribution in [3.05, 3.63) is 0 Å². The van der Waals surface area contributed by atoms with Crippen LogP contribution in [0, 0.1) is 0 Å². The second kappa shape index (κ2) is 4.42. The number of carbonyl (C=O) groups is 1. The third kappa shape index (κ3) is 3.59. The molecule has 0 atom stereocenters. The van der Waals surface area contributed by atoms with E-state index < -0.39 is 18.1 Å². The molecule has 0 spiro atoms. The molecule has 0 aromatic heterocycles. The number of rotatable bonds is 1. The zero-order valence-electron chi connectivity index (χ0n) is 5.21. The maximum absolute atomic E-state index is 11.3. The zero-order chi connectivity index (χ0) is 8.58. The van der Waals surface area contributed by atoms with E-state index in [0.29, 0.717) is 0 Å². The van der Waals surface area contributed by atoms with Gasteiger partial charge in [0, 0.05) is 0 Å². The first-order chi connectivity index (χ1) is 4.19. The third-order valence-electron chi connectivity index (χ3n) is 0.612. The van der Waals surface area contributed by atoms with E-state index in [-0.39, 0.29) is 68.9 Å². The number of carbonyl (C=O) groups excluding carboxylic acids is 1. The molecule has 11 heavy (non-hydrogen) atoms. The molecular weight excluding hydrogens is 296 g/mol. The summed E-state index contributed by atoms with van der Waals surface area (Å²) in [4.78, 5) is 9.09. The summed E-state index contributed by atoms with van der Waals surface area (Å²) in [6, 6.07) is 0. The fourth-order valence-corrected chi connectivity index (χ4v) is 0.116. The van der Waals surface area contributed by atoms with E-state index in [0.717, 1.165) is 0 Å². The third-order valence-corrected chi connectivity index (χ3v) is 0.612. The summed E-state index contributed by atoms with van der Waals surface area (Å²) < 4.78 is 55.3. The van der Waals surface area contributed by atoms with Crippen LogP contribution in [0.2, 0.25) is 0 Å². The van der Waals surface area contributed by atoms with Crippen LogP contribution >= 0.6 is 0 Å². The van der Waals surface area contributed by atoms with E-state index >= 15 is 0 Å². The summed E-state index contributed by atoms with van der Waals surface area (Å²) >= 11 is 0. The van der Waals surface area contributed by atoms with Crippen LogP contribution in [0.5, 0.6) is 0 Å². The number of halogens is 5. The Hall–Kier alpha value is 1.17. The summed E-state index contributed by atoms with van der Waals surface area (Å²) in [6.07, 6.45) is -6.08. The summed E-state index contributed by atoms with van der Waals surface area (Å²) in [6.45, 7) is 0. The Bertz CT molecular complexity index is 152. The smallest absolute Gasteiger partial charge is 0.544 e. The Morgan fingerprint density at radius 1 is 1.09 bits per heavy atom. The van der Waals surface area contributed by atoms with Gasteiger partial charge in [0.2, 0.25) is 0 Å². The van der Waals surface area contributed by atoms with Gasteiger partial charge in [-0.2, -0.15) is 22.0 Å². The van der Waals surface area contributed by atoms with Gasteiger partial charge in [0.1, 0.15) is 5.97 Å². The molecule has 0 amide bonds. The minimum atomic E-state index is -6.08. The first-order valence-electron chi connectivity index (χ1n) is 1.85. The number of aliphatic carboxylic acids is 1. The van der Waals surface area contributed by atoms with Gasteiger partial charge in [-0.3, -0.25) is 0 Å². The molecule has 0 aromatic carbocycles. The maximum Gasteiger partial charge on any atom is 1.00 e. The van der Waals surface area contributed by atoms with Crippen LogP contribution in [0.25, 0.3) is 0 Å². The number of carboxylic acid groups (broad SMARTS) is 1. The molecule has 0 aliphatic carbocycles. The Kier molecular flexibility index (Phi) is 5.90. The van der Waals surface area contributed by atoms with Crippen LogP contribution in [-0.4, -0.2) is 18.1 Å². The molecule has 0 saturated heterocycles. The zero-order valence-corrected chi connectivity index (χ0v) is 11.5. The average molecular weight is 296 g/mol. The number of hydrogen-bond acceptors (Lipinski definition) is 2. The van der Waals surface area contributed by atoms with Crippen LogP contribution in [-0.2, 0) is 4.79 Å². The Labute approximate surface area is 117 Å². The fraction of sp³-hybridized carbons (Fsp3) is 0.667. The predicted molar refractivity (Wildman–Crippen MR) is 16.0 cm³/mol. The van der Waals surface area contributed by atoms with E-state index in [1.807, 2.05) is 0 Å². The second-order valence-corrected chi connectivity index (χ2v) is 1.36. The van der Waals surface area contributed by atoms with Gasteiger partial charge in [-0.25, -0.2) is 0 Å². The van der Waals surface area contributed by atoms with E-state index in [4.69, 9.17) is 9.90 Å². The summed E-state index contributed by atoms with van der Waals surface area (Å²) in [5.41, 5.74) is 0. The van der Waals surface area contributed by atoms with Crippen LogP contribution < -0.4 is 74.0 Å². The molecule has 2 nitrogen and oxygen atoms in total. The normalized spacial score (nSPS) is 12.1. The number of carboxylic acids is 1. The van der Waals surface area contributed by atoms with Crippen molar-refractivity contribution in [3.63, 3.8) is 0 Å². The number of hydrogen-bond donors (Lipinski definition) is 0. The van der Waals surface area contributed by atoms with Crippen LogP contribution in [0.4, 0.5) is 22.0 Å². The van der Waals surface area contributed by atoms with Gasteiger partial charge >= 0.3 is 81.0 Å². The molecule has 0 heterocycles. The van der Waals surface area contributed by atoms with E-state index in [2.05, 4.69) is 0 Å². The Morgan fingerprint density at radius 3 is 1.36 bits per heavy atom. The van der Waals surface area contributed by atoms with E-state index in [1.165, 1.54) is 0 Å². The second-order valence-electron chi connectivity index (χ2n) is 1.36. The van der Waals surface area contributed by atoms with Crippen molar-refractivity contribution in [2.24, 2.45) is 0 Å². The molecule has 0 aliphatic heterocycles. The van der Waals surface area contributed by atoms with Gasteiger partial charge in [-0.05, 0) is 0 Å². The van der Waals surface area contributed by atoms with E-state index in [9.17, 15) is 22.0 Å². The fourth-order valence-electron chi connectivity index (χ4n) is 0.116. The molecule has 0 fully saturated rings. The SMILES string of the molecule is O=C([O-])C(F)(F)C(F)(F)F.[Cs+]. The molecule has 0 N–H and O–H groups in total. The van der Waals surface area contributed by atoms with Crippen molar-refractivity contribution in [2.45, 2.75) is 12.1 Å². The standard InChI is InChI=1S/C3HF5O2.Cs/c4-2(5,1(9)10)3(6,7)8;/h(H,9,10);/q;+1/p-1.